The summed E-state index contributed by atoms with van der Waals surface area (Å²) in [5.41, 5.74) is 1.42. The van der Waals surface area contributed by atoms with Gasteiger partial charge in [0.2, 0.25) is 0 Å². The molecular formula is C20H20O6. The Morgan fingerprint density at radius 1 is 0.885 bits per heavy atom. The molecule has 6 heteroatoms. The summed E-state index contributed by atoms with van der Waals surface area (Å²) >= 11 is 0. The van der Waals surface area contributed by atoms with Gasteiger partial charge in [-0.05, 0) is 54.6 Å². The molecule has 2 aromatic carbocycles. The summed E-state index contributed by atoms with van der Waals surface area (Å²) in [4.78, 5) is 23.3. The van der Waals surface area contributed by atoms with E-state index >= 15 is 0 Å². The van der Waals surface area contributed by atoms with Crippen LogP contribution in [0.5, 0.6) is 11.5 Å². The minimum absolute atomic E-state index is 0.0912. The highest BCUT2D eigenvalue weighted by atomic mass is 16.7. The summed E-state index contributed by atoms with van der Waals surface area (Å²) in [6, 6.07) is 10.1. The molecule has 0 aliphatic heterocycles. The van der Waals surface area contributed by atoms with Crippen molar-refractivity contribution in [3.05, 3.63) is 60.7 Å². The lowest BCUT2D eigenvalue weighted by Gasteiger charge is -2.10. The van der Waals surface area contributed by atoms with Crippen molar-refractivity contribution in [3.8, 4) is 11.5 Å². The van der Waals surface area contributed by atoms with Gasteiger partial charge in [0.05, 0.1) is 0 Å². The second kappa shape index (κ2) is 8.71. The summed E-state index contributed by atoms with van der Waals surface area (Å²) in [6.45, 7) is 11.0. The fraction of sp³-hybridized carbons (Fsp3) is 0.200. The molecule has 2 aromatic rings. The maximum atomic E-state index is 11.7. The van der Waals surface area contributed by atoms with Crippen molar-refractivity contribution in [2.45, 2.75) is 13.8 Å². The molecule has 0 radical (unpaired) electrons. The average molecular weight is 356 g/mol. The van der Waals surface area contributed by atoms with Crippen LogP contribution in [0.4, 0.5) is 9.59 Å². The highest BCUT2D eigenvalue weighted by Crippen LogP contribution is 2.29. The maximum absolute atomic E-state index is 11.7. The van der Waals surface area contributed by atoms with Gasteiger partial charge in [-0.15, -0.1) is 0 Å². The van der Waals surface area contributed by atoms with Gasteiger partial charge in [-0.2, -0.15) is 0 Å². The Kier molecular flexibility index (Phi) is 6.38. The summed E-state index contributed by atoms with van der Waals surface area (Å²) in [6.07, 6.45) is -1.63. The topological polar surface area (TPSA) is 71.1 Å². The minimum Gasteiger partial charge on any atom is -0.429 e. The van der Waals surface area contributed by atoms with E-state index < -0.39 is 12.3 Å². The molecule has 0 amide bonds. The quantitative estimate of drug-likeness (QED) is 0.411. The number of carbonyl (C=O) groups excluding carboxylic acids is 2. The number of carbonyl (C=O) groups is 2. The van der Waals surface area contributed by atoms with Crippen molar-refractivity contribution in [1.29, 1.82) is 0 Å². The van der Waals surface area contributed by atoms with Crippen LogP contribution in [-0.2, 0) is 9.47 Å². The Morgan fingerprint density at radius 3 is 2.12 bits per heavy atom. The van der Waals surface area contributed by atoms with Gasteiger partial charge in [0, 0.05) is 5.39 Å². The number of rotatable bonds is 6. The molecule has 0 unspecified atom stereocenters. The van der Waals surface area contributed by atoms with E-state index in [2.05, 4.69) is 13.2 Å². The molecule has 6 nitrogen and oxygen atoms in total. The molecule has 0 aliphatic carbocycles. The molecule has 0 saturated heterocycles. The Bertz CT molecular complexity index is 853. The van der Waals surface area contributed by atoms with Crippen molar-refractivity contribution in [3.63, 3.8) is 0 Å². The van der Waals surface area contributed by atoms with E-state index in [-0.39, 0.29) is 13.2 Å². The molecule has 0 heterocycles. The molecule has 0 spiro atoms. The second-order valence-electron chi connectivity index (χ2n) is 5.83. The standard InChI is InChI=1S/C20H20O6/c1-13(2)11-23-19(21)25-16-8-9-17-15(10-16)6-5-7-18(17)26-20(22)24-12-14(3)4/h5-10H,1,3,11-12H2,2,4H3. The zero-order valence-corrected chi connectivity index (χ0v) is 14.7. The van der Waals surface area contributed by atoms with Crippen molar-refractivity contribution in [2.24, 2.45) is 0 Å². The Balaban J connectivity index is 2.11. The van der Waals surface area contributed by atoms with Gasteiger partial charge in [-0.3, -0.25) is 0 Å². The van der Waals surface area contributed by atoms with Crippen molar-refractivity contribution in [2.75, 3.05) is 13.2 Å². The van der Waals surface area contributed by atoms with Gasteiger partial charge in [0.25, 0.3) is 0 Å². The lowest BCUT2D eigenvalue weighted by molar-refractivity contribution is 0.107. The number of hydrogen-bond donors (Lipinski definition) is 0. The monoisotopic (exact) mass is 356 g/mol. The first-order valence-electron chi connectivity index (χ1n) is 7.86. The molecule has 0 aromatic heterocycles. The summed E-state index contributed by atoms with van der Waals surface area (Å²) in [5.74, 6) is 0.650. The number of fused-ring (bicyclic) bond motifs is 1. The van der Waals surface area contributed by atoms with Crippen LogP contribution >= 0.6 is 0 Å². The van der Waals surface area contributed by atoms with Gasteiger partial charge < -0.3 is 18.9 Å². The third kappa shape index (κ3) is 5.66. The SMILES string of the molecule is C=C(C)COC(=O)Oc1ccc2c(OC(=O)OCC(=C)C)cccc2c1. The van der Waals surface area contributed by atoms with Gasteiger partial charge in [0.15, 0.2) is 0 Å². The second-order valence-corrected chi connectivity index (χ2v) is 5.83. The predicted molar refractivity (Wildman–Crippen MR) is 97.5 cm³/mol. The van der Waals surface area contributed by atoms with Gasteiger partial charge in [-0.25, -0.2) is 9.59 Å². The van der Waals surface area contributed by atoms with Crippen LogP contribution in [0, 0.1) is 0 Å². The lowest BCUT2D eigenvalue weighted by Crippen LogP contribution is -2.12. The van der Waals surface area contributed by atoms with Crippen molar-refractivity contribution >= 4 is 23.1 Å². The van der Waals surface area contributed by atoms with Crippen LogP contribution in [0.25, 0.3) is 10.8 Å². The number of benzene rings is 2. The summed E-state index contributed by atoms with van der Waals surface area (Å²) in [5, 5.41) is 1.39. The fourth-order valence-corrected chi connectivity index (χ4v) is 1.99. The largest absolute Gasteiger partial charge is 0.514 e. The first kappa shape index (κ1) is 19.1. The average Bonchev–Trinajstić information content (AvgIpc) is 2.58. The van der Waals surface area contributed by atoms with E-state index in [0.29, 0.717) is 28.0 Å². The fourth-order valence-electron chi connectivity index (χ4n) is 1.99. The molecule has 136 valence electrons. The molecule has 0 N–H and O–H groups in total. The molecular weight excluding hydrogens is 336 g/mol. The number of ether oxygens (including phenoxy) is 4. The molecule has 2 rings (SSSR count). The Labute approximate surface area is 151 Å². The maximum Gasteiger partial charge on any atom is 0.514 e. The molecule has 0 fully saturated rings. The molecule has 0 saturated carbocycles. The third-order valence-electron chi connectivity index (χ3n) is 3.08. The smallest absolute Gasteiger partial charge is 0.429 e. The molecule has 0 aliphatic rings. The minimum atomic E-state index is -0.817. The van der Waals surface area contributed by atoms with E-state index in [1.165, 1.54) is 0 Å². The van der Waals surface area contributed by atoms with E-state index in [4.69, 9.17) is 18.9 Å². The van der Waals surface area contributed by atoms with Crippen LogP contribution in [-0.4, -0.2) is 25.5 Å². The van der Waals surface area contributed by atoms with Crippen molar-refractivity contribution in [1.82, 2.24) is 0 Å². The van der Waals surface area contributed by atoms with Crippen LogP contribution in [0.2, 0.25) is 0 Å². The zero-order chi connectivity index (χ0) is 19.1. The van der Waals surface area contributed by atoms with E-state index in [1.807, 2.05) is 0 Å². The zero-order valence-electron chi connectivity index (χ0n) is 14.7. The molecule has 0 atom stereocenters. The Morgan fingerprint density at radius 2 is 1.50 bits per heavy atom. The molecule has 0 bridgehead atoms. The van der Waals surface area contributed by atoms with Crippen LogP contribution in [0.15, 0.2) is 60.7 Å². The highest BCUT2D eigenvalue weighted by molar-refractivity contribution is 5.91. The van der Waals surface area contributed by atoms with Crippen LogP contribution in [0.3, 0.4) is 0 Å². The van der Waals surface area contributed by atoms with Gasteiger partial charge >= 0.3 is 12.3 Å². The van der Waals surface area contributed by atoms with E-state index in [0.717, 1.165) is 5.39 Å². The van der Waals surface area contributed by atoms with Crippen molar-refractivity contribution < 1.29 is 28.5 Å². The normalized spacial score (nSPS) is 10.1. The highest BCUT2D eigenvalue weighted by Gasteiger charge is 2.11. The third-order valence-corrected chi connectivity index (χ3v) is 3.08. The first-order chi connectivity index (χ1) is 12.3. The molecule has 26 heavy (non-hydrogen) atoms. The first-order valence-corrected chi connectivity index (χ1v) is 7.86. The summed E-state index contributed by atoms with van der Waals surface area (Å²) < 4.78 is 20.1. The predicted octanol–water partition coefficient (Wildman–Crippen LogP) is 5.02. The Hall–Kier alpha value is -3.28. The number of hydrogen-bond acceptors (Lipinski definition) is 6. The lowest BCUT2D eigenvalue weighted by atomic mass is 10.1. The summed E-state index contributed by atoms with van der Waals surface area (Å²) in [7, 11) is 0. The van der Waals surface area contributed by atoms with E-state index in [1.54, 1.807) is 50.2 Å². The van der Waals surface area contributed by atoms with Crippen LogP contribution in [0.1, 0.15) is 13.8 Å². The van der Waals surface area contributed by atoms with Gasteiger partial charge in [-0.1, -0.05) is 25.3 Å². The van der Waals surface area contributed by atoms with Gasteiger partial charge in [0.1, 0.15) is 24.7 Å². The van der Waals surface area contributed by atoms with Crippen LogP contribution < -0.4 is 9.47 Å². The van der Waals surface area contributed by atoms with E-state index in [9.17, 15) is 9.59 Å².